The minimum Gasteiger partial charge on any atom is -0.493 e. The predicted octanol–water partition coefficient (Wildman–Crippen LogP) is 3.50. The lowest BCUT2D eigenvalue weighted by Gasteiger charge is -2.32. The molecule has 0 aromatic heterocycles. The zero-order valence-corrected chi connectivity index (χ0v) is 14.5. The van der Waals surface area contributed by atoms with Crippen LogP contribution in [-0.4, -0.2) is 32.9 Å². The maximum Gasteiger partial charge on any atom is 0.197 e. The molecule has 2 aromatic carbocycles. The molecular weight excluding hydrogens is 352 g/mol. The molecule has 25 heavy (non-hydrogen) atoms. The Morgan fingerprint density at radius 1 is 1.20 bits per heavy atom. The van der Waals surface area contributed by atoms with Gasteiger partial charge in [0.15, 0.2) is 23.4 Å². The van der Waals surface area contributed by atoms with Crippen LogP contribution in [0.4, 0.5) is 8.78 Å². The molecule has 4 nitrogen and oxygen atoms in total. The van der Waals surface area contributed by atoms with Gasteiger partial charge in [-0.25, -0.2) is 8.78 Å². The molecule has 0 aliphatic carbocycles. The first-order valence-electron chi connectivity index (χ1n) is 7.76. The van der Waals surface area contributed by atoms with Gasteiger partial charge in [0.25, 0.3) is 0 Å². The zero-order valence-electron chi connectivity index (χ0n) is 13.7. The number of para-hydroxylation sites is 1. The van der Waals surface area contributed by atoms with E-state index in [2.05, 4.69) is 5.32 Å². The summed E-state index contributed by atoms with van der Waals surface area (Å²) in [6.07, 6.45) is -1.04. The Morgan fingerprint density at radius 3 is 2.68 bits per heavy atom. The molecule has 0 radical (unpaired) electrons. The van der Waals surface area contributed by atoms with Crippen molar-refractivity contribution in [3.05, 3.63) is 59.7 Å². The van der Waals surface area contributed by atoms with Gasteiger partial charge in [0.1, 0.15) is 11.9 Å². The van der Waals surface area contributed by atoms with Gasteiger partial charge in [0, 0.05) is 13.1 Å². The summed E-state index contributed by atoms with van der Waals surface area (Å²) in [7, 11) is 1.44. The van der Waals surface area contributed by atoms with Gasteiger partial charge in [-0.15, -0.1) is 12.4 Å². The summed E-state index contributed by atoms with van der Waals surface area (Å²) in [6, 6.07) is 10.5. The van der Waals surface area contributed by atoms with Crippen LogP contribution in [-0.2, 0) is 4.74 Å². The van der Waals surface area contributed by atoms with Gasteiger partial charge in [0.2, 0.25) is 0 Å². The largest absolute Gasteiger partial charge is 0.493 e. The molecule has 7 heteroatoms. The number of rotatable bonds is 5. The number of hydrogen-bond donors (Lipinski definition) is 1. The fourth-order valence-electron chi connectivity index (χ4n) is 2.71. The molecule has 1 aliphatic rings. The number of ether oxygens (including phenoxy) is 3. The zero-order chi connectivity index (χ0) is 16.9. The highest BCUT2D eigenvalue weighted by Crippen LogP contribution is 2.35. The van der Waals surface area contributed by atoms with E-state index in [1.807, 2.05) is 0 Å². The number of hydrogen-bond acceptors (Lipinski definition) is 4. The molecule has 0 amide bonds. The van der Waals surface area contributed by atoms with Crippen LogP contribution >= 0.6 is 12.4 Å². The molecule has 1 aliphatic heterocycles. The van der Waals surface area contributed by atoms with E-state index < -0.39 is 11.9 Å². The summed E-state index contributed by atoms with van der Waals surface area (Å²) in [5, 5.41) is 3.20. The van der Waals surface area contributed by atoms with Crippen LogP contribution in [0.5, 0.6) is 11.5 Å². The molecule has 2 aromatic rings. The van der Waals surface area contributed by atoms with E-state index in [1.54, 1.807) is 18.2 Å². The number of halogens is 3. The lowest BCUT2D eigenvalue weighted by Crippen LogP contribution is -2.43. The van der Waals surface area contributed by atoms with Crippen molar-refractivity contribution in [1.82, 2.24) is 5.32 Å². The SMILES string of the molecule is COc1cccc(F)c1O[C@@H](c1cccc(F)c1)[C@@H]1CNCCO1.Cl. The average Bonchev–Trinajstić information content (AvgIpc) is 2.61. The van der Waals surface area contributed by atoms with E-state index in [0.717, 1.165) is 6.54 Å². The van der Waals surface area contributed by atoms with Gasteiger partial charge in [-0.2, -0.15) is 0 Å². The molecule has 0 unspecified atom stereocenters. The van der Waals surface area contributed by atoms with Crippen molar-refractivity contribution in [3.8, 4) is 11.5 Å². The summed E-state index contributed by atoms with van der Waals surface area (Å²) < 4.78 is 44.7. The highest BCUT2D eigenvalue weighted by Gasteiger charge is 2.30. The molecule has 0 spiro atoms. The van der Waals surface area contributed by atoms with Gasteiger partial charge in [-0.05, 0) is 29.8 Å². The summed E-state index contributed by atoms with van der Waals surface area (Å²) in [4.78, 5) is 0. The summed E-state index contributed by atoms with van der Waals surface area (Å²) in [5.41, 5.74) is 0.578. The monoisotopic (exact) mass is 371 g/mol. The van der Waals surface area contributed by atoms with Crippen LogP contribution in [0, 0.1) is 11.6 Å². The van der Waals surface area contributed by atoms with Gasteiger partial charge in [-0.1, -0.05) is 18.2 Å². The van der Waals surface area contributed by atoms with Crippen molar-refractivity contribution in [1.29, 1.82) is 0 Å². The third-order valence-corrected chi connectivity index (χ3v) is 3.87. The average molecular weight is 372 g/mol. The molecule has 0 saturated carbocycles. The summed E-state index contributed by atoms with van der Waals surface area (Å²) in [6.45, 7) is 1.77. The van der Waals surface area contributed by atoms with Crippen molar-refractivity contribution in [2.75, 3.05) is 26.8 Å². The Balaban J connectivity index is 0.00000225. The second kappa shape index (κ2) is 8.99. The molecular formula is C18H20ClF2NO3. The molecule has 0 bridgehead atoms. The minimum atomic E-state index is -0.667. The van der Waals surface area contributed by atoms with Crippen LogP contribution in [0.1, 0.15) is 11.7 Å². The molecule has 1 saturated heterocycles. The van der Waals surface area contributed by atoms with Crippen molar-refractivity contribution < 1.29 is 23.0 Å². The highest BCUT2D eigenvalue weighted by molar-refractivity contribution is 5.85. The number of morpholine rings is 1. The lowest BCUT2D eigenvalue weighted by atomic mass is 10.0. The van der Waals surface area contributed by atoms with Crippen LogP contribution in [0.2, 0.25) is 0 Å². The molecule has 2 atom stereocenters. The minimum absolute atomic E-state index is 0. The van der Waals surface area contributed by atoms with E-state index in [9.17, 15) is 8.78 Å². The maximum absolute atomic E-state index is 14.2. The van der Waals surface area contributed by atoms with E-state index in [0.29, 0.717) is 18.7 Å². The van der Waals surface area contributed by atoms with E-state index in [-0.39, 0.29) is 35.8 Å². The number of methoxy groups -OCH3 is 1. The lowest BCUT2D eigenvalue weighted by molar-refractivity contribution is -0.0449. The smallest absolute Gasteiger partial charge is 0.197 e. The van der Waals surface area contributed by atoms with Crippen molar-refractivity contribution in [2.24, 2.45) is 0 Å². The van der Waals surface area contributed by atoms with Gasteiger partial charge >= 0.3 is 0 Å². The fraction of sp³-hybridized carbons (Fsp3) is 0.333. The Labute approximate surface area is 151 Å². The summed E-state index contributed by atoms with van der Waals surface area (Å²) in [5.74, 6) is -0.659. The Morgan fingerprint density at radius 2 is 2.00 bits per heavy atom. The fourth-order valence-corrected chi connectivity index (χ4v) is 2.71. The van der Waals surface area contributed by atoms with Gasteiger partial charge in [-0.3, -0.25) is 0 Å². The van der Waals surface area contributed by atoms with Gasteiger partial charge < -0.3 is 19.5 Å². The first-order chi connectivity index (χ1) is 11.7. The number of nitrogens with one attached hydrogen (secondary N) is 1. The maximum atomic E-state index is 14.2. The Bertz CT molecular complexity index is 696. The first kappa shape index (κ1) is 19.4. The van der Waals surface area contributed by atoms with Crippen LogP contribution in [0.15, 0.2) is 42.5 Å². The van der Waals surface area contributed by atoms with Crippen molar-refractivity contribution in [2.45, 2.75) is 12.2 Å². The van der Waals surface area contributed by atoms with Crippen molar-refractivity contribution >= 4 is 12.4 Å². The molecule has 1 heterocycles. The van der Waals surface area contributed by atoms with Crippen LogP contribution in [0.3, 0.4) is 0 Å². The summed E-state index contributed by atoms with van der Waals surface area (Å²) >= 11 is 0. The molecule has 1 N–H and O–H groups in total. The predicted molar refractivity (Wildman–Crippen MR) is 92.6 cm³/mol. The topological polar surface area (TPSA) is 39.7 Å². The van der Waals surface area contributed by atoms with E-state index >= 15 is 0 Å². The highest BCUT2D eigenvalue weighted by atomic mass is 35.5. The third kappa shape index (κ3) is 4.60. The molecule has 3 rings (SSSR count). The van der Waals surface area contributed by atoms with Crippen molar-refractivity contribution in [3.63, 3.8) is 0 Å². The standard InChI is InChI=1S/C18H19F2NO3.ClH/c1-22-15-7-3-6-14(20)18(15)24-17(16-11-21-8-9-23-16)12-4-2-5-13(19)10-12;/h2-7,10,16-17,21H,8-9,11H2,1H3;1H/t16-,17-;/m0./s1. The first-order valence-corrected chi connectivity index (χ1v) is 7.76. The number of benzene rings is 2. The normalized spacial score (nSPS) is 18.1. The second-order valence-corrected chi connectivity index (χ2v) is 5.48. The quantitative estimate of drug-likeness (QED) is 0.873. The second-order valence-electron chi connectivity index (χ2n) is 5.48. The Kier molecular flexibility index (Phi) is 6.99. The van der Waals surface area contributed by atoms with E-state index in [4.69, 9.17) is 14.2 Å². The van der Waals surface area contributed by atoms with Crippen LogP contribution in [0.25, 0.3) is 0 Å². The molecule has 136 valence electrons. The van der Waals surface area contributed by atoms with Gasteiger partial charge in [0.05, 0.1) is 13.7 Å². The van der Waals surface area contributed by atoms with E-state index in [1.165, 1.54) is 31.4 Å². The molecule has 1 fully saturated rings. The Hall–Kier alpha value is -1.89. The van der Waals surface area contributed by atoms with Crippen LogP contribution < -0.4 is 14.8 Å². The third-order valence-electron chi connectivity index (χ3n) is 3.87.